The molecule has 41 heavy (non-hydrogen) atoms. The van der Waals surface area contributed by atoms with Crippen LogP contribution in [0.25, 0.3) is 0 Å². The van der Waals surface area contributed by atoms with E-state index in [1.165, 1.54) is 6.20 Å². The van der Waals surface area contributed by atoms with Gasteiger partial charge in [-0.25, -0.2) is 15.5 Å². The normalized spacial score (nSPS) is 15.7. The van der Waals surface area contributed by atoms with Gasteiger partial charge in [-0.05, 0) is 47.2 Å². The highest BCUT2D eigenvalue weighted by molar-refractivity contribution is 6.32. The van der Waals surface area contributed by atoms with E-state index in [4.69, 9.17) is 27.1 Å². The van der Waals surface area contributed by atoms with E-state index in [1.807, 2.05) is 66.7 Å². The van der Waals surface area contributed by atoms with E-state index in [0.717, 1.165) is 28.9 Å². The number of ether oxygens (including phenoxy) is 1. The number of aliphatic imine (C=N–C) groups is 1. The number of hydrazone groups is 1. The zero-order valence-corrected chi connectivity index (χ0v) is 23.7. The fourth-order valence-electron chi connectivity index (χ4n) is 4.95. The molecule has 0 saturated heterocycles. The van der Waals surface area contributed by atoms with E-state index in [9.17, 15) is 5.11 Å². The molecule has 5 rings (SSSR count). The van der Waals surface area contributed by atoms with Crippen LogP contribution in [0.1, 0.15) is 27.8 Å². The van der Waals surface area contributed by atoms with Crippen molar-refractivity contribution < 1.29 is 9.84 Å². The van der Waals surface area contributed by atoms with Gasteiger partial charge in [0.1, 0.15) is 0 Å². The summed E-state index contributed by atoms with van der Waals surface area (Å²) in [6, 6.07) is 21.0. The van der Waals surface area contributed by atoms with Gasteiger partial charge in [0.15, 0.2) is 5.60 Å². The maximum atomic E-state index is 12.6. The van der Waals surface area contributed by atoms with E-state index in [2.05, 4.69) is 28.1 Å². The Morgan fingerprint density at radius 2 is 1.98 bits per heavy atom. The second-order valence-corrected chi connectivity index (χ2v) is 10.0. The zero-order valence-electron chi connectivity index (χ0n) is 22.9. The van der Waals surface area contributed by atoms with Crippen LogP contribution in [0.15, 0.2) is 101 Å². The molecule has 6 N–H and O–H groups in total. The van der Waals surface area contributed by atoms with Gasteiger partial charge in [0.05, 0.1) is 23.7 Å². The standard InChI is InChI=1S/C30H33ClN8O2/c1-4-38(2)27(18-32)30(40,22-10-8-20(9-11-22)19-33-14-15-41-3)23-12-13-26-25(17-23)28(21-6-5-7-24(31)16-21)34-29-35-36-37-39(26)29/h4-13,16-18,33,36-37,40H,1,14-15,19,32H2,2-3H3/b27-18-. The van der Waals surface area contributed by atoms with Gasteiger partial charge >= 0.3 is 0 Å². The Kier molecular flexibility index (Phi) is 8.39. The number of halogens is 1. The molecule has 11 heteroatoms. The minimum atomic E-state index is -1.63. The van der Waals surface area contributed by atoms with Crippen molar-refractivity contribution in [2.75, 3.05) is 32.3 Å². The maximum absolute atomic E-state index is 12.6. The Balaban J connectivity index is 1.63. The Hall–Kier alpha value is -4.19. The van der Waals surface area contributed by atoms with Gasteiger partial charge < -0.3 is 25.8 Å². The quantitative estimate of drug-likeness (QED) is 0.222. The Morgan fingerprint density at radius 3 is 2.68 bits per heavy atom. The van der Waals surface area contributed by atoms with Crippen LogP contribution < -0.4 is 27.1 Å². The summed E-state index contributed by atoms with van der Waals surface area (Å²) in [5.41, 5.74) is 16.1. The summed E-state index contributed by atoms with van der Waals surface area (Å²) in [6.45, 7) is 5.94. The molecular weight excluding hydrogens is 540 g/mol. The van der Waals surface area contributed by atoms with Crippen molar-refractivity contribution in [3.05, 3.63) is 124 Å². The summed E-state index contributed by atoms with van der Waals surface area (Å²) < 4.78 is 5.11. The number of hydrogen-bond donors (Lipinski definition) is 5. The molecule has 0 aliphatic carbocycles. The predicted molar refractivity (Wildman–Crippen MR) is 163 cm³/mol. The highest BCUT2D eigenvalue weighted by atomic mass is 35.5. The maximum Gasteiger partial charge on any atom is 0.265 e. The molecule has 0 saturated carbocycles. The fourth-order valence-corrected chi connectivity index (χ4v) is 5.14. The largest absolute Gasteiger partial charge is 0.403 e. The lowest BCUT2D eigenvalue weighted by molar-refractivity contribution is 0.0967. The molecule has 0 radical (unpaired) electrons. The molecule has 2 heterocycles. The molecule has 212 valence electrons. The van der Waals surface area contributed by atoms with Crippen molar-refractivity contribution in [3.63, 3.8) is 0 Å². The zero-order chi connectivity index (χ0) is 29.0. The molecule has 1 atom stereocenters. The highest BCUT2D eigenvalue weighted by Crippen LogP contribution is 2.41. The number of aliphatic hydroxyl groups is 1. The van der Waals surface area contributed by atoms with Crippen LogP contribution >= 0.6 is 11.6 Å². The Bertz CT molecular complexity index is 1520. The van der Waals surface area contributed by atoms with Crippen LogP contribution in [0, 0.1) is 0 Å². The number of hydrazine groups is 2. The van der Waals surface area contributed by atoms with Gasteiger partial charge in [-0.3, -0.25) is 0 Å². The topological polar surface area (TPSA) is 123 Å². The number of nitrogens with one attached hydrogen (secondary N) is 3. The van der Waals surface area contributed by atoms with Gasteiger partial charge in [-0.1, -0.05) is 60.6 Å². The number of nitrogens with two attached hydrogens (primary N) is 1. The van der Waals surface area contributed by atoms with Crippen molar-refractivity contribution in [1.82, 2.24) is 21.3 Å². The van der Waals surface area contributed by atoms with Crippen molar-refractivity contribution in [2.45, 2.75) is 12.1 Å². The number of anilines is 1. The van der Waals surface area contributed by atoms with Crippen LogP contribution in [-0.2, 0) is 16.9 Å². The number of nitrogens with zero attached hydrogens (tertiary/aromatic N) is 4. The van der Waals surface area contributed by atoms with Crippen LogP contribution in [0.4, 0.5) is 5.69 Å². The lowest BCUT2D eigenvalue weighted by Gasteiger charge is -2.37. The molecule has 1 unspecified atom stereocenters. The molecule has 0 bridgehead atoms. The van der Waals surface area contributed by atoms with Crippen LogP contribution in [-0.4, -0.2) is 49.0 Å². The summed E-state index contributed by atoms with van der Waals surface area (Å²) in [4.78, 5) is 6.52. The predicted octanol–water partition coefficient (Wildman–Crippen LogP) is 3.14. The van der Waals surface area contributed by atoms with Crippen molar-refractivity contribution in [2.24, 2.45) is 15.8 Å². The first-order valence-electron chi connectivity index (χ1n) is 13.1. The summed E-state index contributed by atoms with van der Waals surface area (Å²) in [5, 5.41) is 22.6. The molecular formula is C30H33ClN8O2. The van der Waals surface area contributed by atoms with Gasteiger partial charge in [0, 0.05) is 49.6 Å². The monoisotopic (exact) mass is 572 g/mol. The lowest BCUT2D eigenvalue weighted by atomic mass is 9.81. The lowest BCUT2D eigenvalue weighted by Crippen LogP contribution is -2.44. The van der Waals surface area contributed by atoms with Gasteiger partial charge in [-0.2, -0.15) is 0 Å². The third-order valence-electron chi connectivity index (χ3n) is 7.10. The molecule has 2 aliphatic heterocycles. The molecule has 2 aliphatic rings. The molecule has 0 amide bonds. The third-order valence-corrected chi connectivity index (χ3v) is 7.34. The first kappa shape index (κ1) is 28.3. The van der Waals surface area contributed by atoms with Crippen molar-refractivity contribution >= 4 is 29.0 Å². The number of methoxy groups -OCH3 is 1. The van der Waals surface area contributed by atoms with Gasteiger partial charge in [-0.15, -0.1) is 10.6 Å². The molecule has 3 aromatic rings. The summed E-state index contributed by atoms with van der Waals surface area (Å²) >= 11 is 6.35. The van der Waals surface area contributed by atoms with Crippen molar-refractivity contribution in [1.29, 1.82) is 0 Å². The summed E-state index contributed by atoms with van der Waals surface area (Å²) in [6.07, 6.45) is 3.02. The van der Waals surface area contributed by atoms with Crippen LogP contribution in [0.5, 0.6) is 0 Å². The summed E-state index contributed by atoms with van der Waals surface area (Å²) in [5.74, 6) is 0.458. The Labute approximate surface area is 244 Å². The van der Waals surface area contributed by atoms with E-state index in [1.54, 1.807) is 30.3 Å². The van der Waals surface area contributed by atoms with E-state index >= 15 is 0 Å². The van der Waals surface area contributed by atoms with Crippen molar-refractivity contribution in [3.8, 4) is 0 Å². The molecule has 0 aromatic heterocycles. The SMILES string of the molecule is C=CN(C)/C(=C\N)C(O)(c1ccc(CNCCOC)cc1)c1ccc2c(c1)C(c1cccc(Cl)c1)=NC1=NNNN12. The number of hydrogen-bond acceptors (Lipinski definition) is 10. The van der Waals surface area contributed by atoms with Gasteiger partial charge in [0.25, 0.3) is 5.96 Å². The second-order valence-electron chi connectivity index (χ2n) is 9.60. The third kappa shape index (κ3) is 5.43. The molecule has 0 fully saturated rings. The van der Waals surface area contributed by atoms with Gasteiger partial charge in [0.2, 0.25) is 0 Å². The number of likely N-dealkylation sites (N-methyl/N-ethyl adjacent to an activating group) is 1. The average molecular weight is 573 g/mol. The minimum Gasteiger partial charge on any atom is -0.403 e. The number of benzene rings is 3. The van der Waals surface area contributed by atoms with Crippen LogP contribution in [0.2, 0.25) is 5.02 Å². The van der Waals surface area contributed by atoms with E-state index in [-0.39, 0.29) is 0 Å². The molecule has 3 aromatic carbocycles. The number of fused-ring (bicyclic) bond motifs is 3. The number of guanidine groups is 1. The highest BCUT2D eigenvalue weighted by Gasteiger charge is 2.40. The smallest absolute Gasteiger partial charge is 0.265 e. The first-order valence-corrected chi connectivity index (χ1v) is 13.5. The van der Waals surface area contributed by atoms with E-state index < -0.39 is 5.60 Å². The first-order chi connectivity index (χ1) is 19.9. The summed E-state index contributed by atoms with van der Waals surface area (Å²) in [7, 11) is 3.47. The molecule has 10 nitrogen and oxygen atoms in total. The van der Waals surface area contributed by atoms with E-state index in [0.29, 0.717) is 46.7 Å². The fraction of sp³-hybridized carbons (Fsp3) is 0.200. The number of rotatable bonds is 11. The van der Waals surface area contributed by atoms with Crippen LogP contribution in [0.3, 0.4) is 0 Å². The molecule has 0 spiro atoms. The average Bonchev–Trinajstić information content (AvgIpc) is 3.48. The minimum absolute atomic E-state index is 0.443. The Morgan fingerprint density at radius 1 is 1.20 bits per heavy atom. The second kappa shape index (κ2) is 12.1.